The fourth-order valence-corrected chi connectivity index (χ4v) is 2.86. The summed E-state index contributed by atoms with van der Waals surface area (Å²) in [7, 11) is 1.88. The SMILES string of the molecule is CCNC(=NCC(=O)Nc1ccc(F)cc1)N(C)Cc1ncc(-c2ccccc2)[nH]1.I. The van der Waals surface area contributed by atoms with Gasteiger partial charge < -0.3 is 20.5 Å². The van der Waals surface area contributed by atoms with Crippen molar-refractivity contribution in [3.8, 4) is 11.3 Å². The van der Waals surface area contributed by atoms with Crippen molar-refractivity contribution in [2.24, 2.45) is 4.99 Å². The van der Waals surface area contributed by atoms with Crippen LogP contribution in [-0.2, 0) is 11.3 Å². The molecular formula is C22H26FIN6O. The van der Waals surface area contributed by atoms with Gasteiger partial charge in [-0.05, 0) is 36.8 Å². The van der Waals surface area contributed by atoms with Crippen molar-refractivity contribution < 1.29 is 9.18 Å². The standard InChI is InChI=1S/C22H25FN6O.HI/c1-3-24-22(26-14-21(30)27-18-11-9-17(23)10-12-18)29(2)15-20-25-13-19(28-20)16-7-5-4-6-8-16;/h4-13H,3,14-15H2,1-2H3,(H,24,26)(H,25,28)(H,27,30);1H. The first-order valence-corrected chi connectivity index (χ1v) is 9.69. The summed E-state index contributed by atoms with van der Waals surface area (Å²) in [5.74, 6) is 0.743. The Labute approximate surface area is 198 Å². The number of carbonyl (C=O) groups is 1. The number of aliphatic imine (C=N–C) groups is 1. The minimum atomic E-state index is -0.351. The van der Waals surface area contributed by atoms with Crippen LogP contribution in [0.5, 0.6) is 0 Å². The highest BCUT2D eigenvalue weighted by molar-refractivity contribution is 14.0. The Morgan fingerprint density at radius 1 is 1.16 bits per heavy atom. The Morgan fingerprint density at radius 2 is 1.87 bits per heavy atom. The number of nitrogens with one attached hydrogen (secondary N) is 3. The van der Waals surface area contributed by atoms with Crippen LogP contribution in [0.1, 0.15) is 12.7 Å². The van der Waals surface area contributed by atoms with E-state index in [4.69, 9.17) is 0 Å². The molecule has 0 aliphatic rings. The molecule has 0 spiro atoms. The molecule has 0 saturated heterocycles. The number of nitrogens with zero attached hydrogens (tertiary/aromatic N) is 3. The lowest BCUT2D eigenvalue weighted by molar-refractivity contribution is -0.114. The lowest BCUT2D eigenvalue weighted by Crippen LogP contribution is -2.39. The summed E-state index contributed by atoms with van der Waals surface area (Å²) >= 11 is 0. The predicted octanol–water partition coefficient (Wildman–Crippen LogP) is 3.87. The molecule has 1 heterocycles. The molecule has 164 valence electrons. The van der Waals surface area contributed by atoms with Crippen molar-refractivity contribution in [2.75, 3.05) is 25.5 Å². The highest BCUT2D eigenvalue weighted by atomic mass is 127. The Morgan fingerprint density at radius 3 is 2.55 bits per heavy atom. The number of carbonyl (C=O) groups excluding carboxylic acids is 1. The Kier molecular flexibility index (Phi) is 9.44. The average Bonchev–Trinajstić information content (AvgIpc) is 3.22. The first-order valence-electron chi connectivity index (χ1n) is 9.69. The van der Waals surface area contributed by atoms with E-state index >= 15 is 0 Å². The van der Waals surface area contributed by atoms with Gasteiger partial charge in [0, 0.05) is 19.3 Å². The molecule has 7 nitrogen and oxygen atoms in total. The van der Waals surface area contributed by atoms with Gasteiger partial charge in [0.15, 0.2) is 5.96 Å². The van der Waals surface area contributed by atoms with Gasteiger partial charge in [-0.25, -0.2) is 14.4 Å². The number of anilines is 1. The summed E-state index contributed by atoms with van der Waals surface area (Å²) in [6.45, 7) is 3.06. The van der Waals surface area contributed by atoms with Crippen LogP contribution in [0.3, 0.4) is 0 Å². The van der Waals surface area contributed by atoms with E-state index in [0.29, 0.717) is 24.7 Å². The molecule has 0 saturated carbocycles. The quantitative estimate of drug-likeness (QED) is 0.243. The van der Waals surface area contributed by atoms with E-state index in [2.05, 4.69) is 25.6 Å². The zero-order valence-corrected chi connectivity index (χ0v) is 19.8. The number of guanidine groups is 1. The normalized spacial score (nSPS) is 10.9. The fourth-order valence-electron chi connectivity index (χ4n) is 2.86. The molecule has 0 radical (unpaired) electrons. The zero-order chi connectivity index (χ0) is 21.3. The summed E-state index contributed by atoms with van der Waals surface area (Å²) in [6.07, 6.45) is 1.80. The number of amides is 1. The first-order chi connectivity index (χ1) is 14.5. The Balaban J connectivity index is 0.00000341. The molecule has 0 aliphatic carbocycles. The van der Waals surface area contributed by atoms with Crippen LogP contribution in [0.25, 0.3) is 11.3 Å². The van der Waals surface area contributed by atoms with Crippen molar-refractivity contribution in [2.45, 2.75) is 13.5 Å². The van der Waals surface area contributed by atoms with Crippen molar-refractivity contribution >= 4 is 41.5 Å². The van der Waals surface area contributed by atoms with E-state index in [-0.39, 0.29) is 42.2 Å². The van der Waals surface area contributed by atoms with Crippen LogP contribution in [0, 0.1) is 5.82 Å². The highest BCUT2D eigenvalue weighted by Crippen LogP contribution is 2.16. The molecule has 0 fully saturated rings. The van der Waals surface area contributed by atoms with E-state index < -0.39 is 0 Å². The lowest BCUT2D eigenvalue weighted by atomic mass is 10.2. The van der Waals surface area contributed by atoms with Gasteiger partial charge in [0.1, 0.15) is 18.2 Å². The zero-order valence-electron chi connectivity index (χ0n) is 17.4. The third kappa shape index (κ3) is 7.35. The van der Waals surface area contributed by atoms with Gasteiger partial charge >= 0.3 is 0 Å². The summed E-state index contributed by atoms with van der Waals surface area (Å²) in [5, 5.41) is 5.87. The Bertz CT molecular complexity index is 991. The maximum atomic E-state index is 13.0. The molecule has 3 rings (SSSR count). The molecule has 0 atom stereocenters. The second-order valence-corrected chi connectivity index (χ2v) is 6.69. The average molecular weight is 536 g/mol. The van der Waals surface area contributed by atoms with Gasteiger partial charge in [0.05, 0.1) is 18.4 Å². The number of aromatic amines is 1. The molecule has 1 amide bonds. The van der Waals surface area contributed by atoms with Crippen molar-refractivity contribution in [1.82, 2.24) is 20.2 Å². The third-order valence-corrected chi connectivity index (χ3v) is 4.30. The van der Waals surface area contributed by atoms with Gasteiger partial charge in [0.2, 0.25) is 5.91 Å². The maximum Gasteiger partial charge on any atom is 0.246 e. The lowest BCUT2D eigenvalue weighted by Gasteiger charge is -2.21. The van der Waals surface area contributed by atoms with Gasteiger partial charge in [0.25, 0.3) is 0 Å². The van der Waals surface area contributed by atoms with Gasteiger partial charge in [-0.1, -0.05) is 30.3 Å². The largest absolute Gasteiger partial charge is 0.357 e. The van der Waals surface area contributed by atoms with Crippen LogP contribution in [0.4, 0.5) is 10.1 Å². The number of aromatic nitrogens is 2. The van der Waals surface area contributed by atoms with Crippen LogP contribution in [0.2, 0.25) is 0 Å². The second-order valence-electron chi connectivity index (χ2n) is 6.69. The van der Waals surface area contributed by atoms with Crippen LogP contribution < -0.4 is 10.6 Å². The molecule has 31 heavy (non-hydrogen) atoms. The minimum absolute atomic E-state index is 0. The number of hydrogen-bond acceptors (Lipinski definition) is 3. The van der Waals surface area contributed by atoms with Gasteiger partial charge in [-0.3, -0.25) is 4.79 Å². The molecule has 3 N–H and O–H groups in total. The second kappa shape index (κ2) is 12.0. The molecule has 0 bridgehead atoms. The maximum absolute atomic E-state index is 13.0. The topological polar surface area (TPSA) is 85.4 Å². The minimum Gasteiger partial charge on any atom is -0.357 e. The highest BCUT2D eigenvalue weighted by Gasteiger charge is 2.11. The van der Waals surface area contributed by atoms with E-state index in [1.807, 2.05) is 49.2 Å². The molecule has 1 aromatic heterocycles. The van der Waals surface area contributed by atoms with Gasteiger partial charge in [-0.2, -0.15) is 0 Å². The number of hydrogen-bond donors (Lipinski definition) is 3. The molecular weight excluding hydrogens is 510 g/mol. The fraction of sp³-hybridized carbons (Fsp3) is 0.227. The molecule has 2 aromatic carbocycles. The van der Waals surface area contributed by atoms with E-state index in [1.165, 1.54) is 24.3 Å². The molecule has 0 unspecified atom stereocenters. The van der Waals surface area contributed by atoms with Crippen LogP contribution in [-0.4, -0.2) is 46.9 Å². The first kappa shape index (κ1) is 24.3. The summed E-state index contributed by atoms with van der Waals surface area (Å²) in [4.78, 5) is 26.2. The Hall–Kier alpha value is -2.95. The predicted molar refractivity (Wildman–Crippen MR) is 132 cm³/mol. The number of imidazole rings is 1. The number of benzene rings is 2. The smallest absolute Gasteiger partial charge is 0.246 e. The number of rotatable bonds is 7. The van der Waals surface area contributed by atoms with Crippen LogP contribution >= 0.6 is 24.0 Å². The van der Waals surface area contributed by atoms with E-state index in [9.17, 15) is 9.18 Å². The molecule has 9 heteroatoms. The monoisotopic (exact) mass is 536 g/mol. The van der Waals surface area contributed by atoms with Crippen LogP contribution in [0.15, 0.2) is 65.8 Å². The van der Waals surface area contributed by atoms with Crippen molar-refractivity contribution in [3.63, 3.8) is 0 Å². The van der Waals surface area contributed by atoms with Crippen molar-refractivity contribution in [3.05, 3.63) is 72.4 Å². The summed E-state index contributed by atoms with van der Waals surface area (Å²) < 4.78 is 13.0. The summed E-state index contributed by atoms with van der Waals surface area (Å²) in [6, 6.07) is 15.6. The molecule has 0 aliphatic heterocycles. The number of halogens is 2. The van der Waals surface area contributed by atoms with E-state index in [0.717, 1.165) is 17.1 Å². The molecule has 3 aromatic rings. The van der Waals surface area contributed by atoms with Crippen molar-refractivity contribution in [1.29, 1.82) is 0 Å². The third-order valence-electron chi connectivity index (χ3n) is 4.30. The van der Waals surface area contributed by atoms with E-state index in [1.54, 1.807) is 6.20 Å². The van der Waals surface area contributed by atoms with Gasteiger partial charge in [-0.15, -0.1) is 24.0 Å². The number of H-pyrrole nitrogens is 1. The summed E-state index contributed by atoms with van der Waals surface area (Å²) in [5.41, 5.74) is 2.54.